The second-order valence-electron chi connectivity index (χ2n) is 10.1. The summed E-state index contributed by atoms with van der Waals surface area (Å²) in [5.74, 6) is -0.132. The van der Waals surface area contributed by atoms with Gasteiger partial charge in [0.15, 0.2) is 0 Å². The van der Waals surface area contributed by atoms with E-state index in [1.807, 2.05) is 50.3 Å². The molecule has 1 aliphatic heterocycles. The van der Waals surface area contributed by atoms with Crippen LogP contribution >= 0.6 is 11.3 Å². The quantitative estimate of drug-likeness (QED) is 0.172. The van der Waals surface area contributed by atoms with Crippen LogP contribution < -0.4 is 10.1 Å². The molecule has 232 valence electrons. The fraction of sp³-hybridized carbons (Fsp3) is 0.382. The number of fused-ring (bicyclic) bond motifs is 1. The molecule has 1 aromatic heterocycles. The highest BCUT2D eigenvalue weighted by Gasteiger charge is 2.26. The number of carboxylic acid groups (broad SMARTS) is 1. The average Bonchev–Trinajstić information content (AvgIpc) is 3.54. The maximum atomic E-state index is 12.3. The van der Waals surface area contributed by atoms with Gasteiger partial charge in [-0.2, -0.15) is 0 Å². The number of carboxylic acids is 1. The van der Waals surface area contributed by atoms with Crippen molar-refractivity contribution in [2.45, 2.75) is 66.3 Å². The highest BCUT2D eigenvalue weighted by Crippen LogP contribution is 2.32. The number of carbonyl (C=O) groups is 3. The van der Waals surface area contributed by atoms with E-state index in [2.05, 4.69) is 43.3 Å². The number of ether oxygens (including phenoxy) is 2. The Morgan fingerprint density at radius 3 is 2.58 bits per heavy atom. The van der Waals surface area contributed by atoms with Crippen LogP contribution in [0.25, 0.3) is 5.57 Å². The van der Waals surface area contributed by atoms with Gasteiger partial charge in [-0.05, 0) is 74.2 Å². The number of amides is 2. The van der Waals surface area contributed by atoms with Crippen molar-refractivity contribution >= 4 is 35.4 Å². The van der Waals surface area contributed by atoms with Gasteiger partial charge in [-0.3, -0.25) is 9.59 Å². The zero-order valence-electron chi connectivity index (χ0n) is 25.7. The summed E-state index contributed by atoms with van der Waals surface area (Å²) >= 11 is 1.72. The SMILES string of the molecule is C/C=C(\CCOc1ccc(CCC(=O)O)c2c1CCN(C(=O)OCCC)C2)NC=O.C=C(/C=C\C=C(C)C)c1cccs1. The standard InChI is InChI=1S/C22H30N2O6.C12H14S/c1-3-12-30-22(28)24-11-9-18-19(14-24)16(6-8-21(26)27)5-7-20(18)29-13-10-17(4-2)23-15-25;1-10(2)6-4-7-11(3)12-8-5-9-13-12/h4-5,7,15H,3,6,8-14H2,1-2H3,(H,23,25)(H,26,27);4-9H,3H2,1-2H3/b17-4+;7-4-. The zero-order chi connectivity index (χ0) is 31.6. The van der Waals surface area contributed by atoms with E-state index in [1.165, 1.54) is 10.5 Å². The van der Waals surface area contributed by atoms with Crippen molar-refractivity contribution in [3.63, 3.8) is 0 Å². The Hall–Kier alpha value is -4.11. The maximum absolute atomic E-state index is 12.3. The molecule has 8 nitrogen and oxygen atoms in total. The van der Waals surface area contributed by atoms with Gasteiger partial charge in [0.2, 0.25) is 6.41 Å². The van der Waals surface area contributed by atoms with E-state index in [4.69, 9.17) is 14.6 Å². The molecular weight excluding hydrogens is 564 g/mol. The predicted molar refractivity (Wildman–Crippen MR) is 173 cm³/mol. The molecule has 0 saturated carbocycles. The summed E-state index contributed by atoms with van der Waals surface area (Å²) in [6.07, 6.45) is 10.6. The van der Waals surface area contributed by atoms with Crippen molar-refractivity contribution < 1.29 is 29.0 Å². The normalized spacial score (nSPS) is 12.5. The summed E-state index contributed by atoms with van der Waals surface area (Å²) in [4.78, 5) is 36.9. The Bertz CT molecular complexity index is 1310. The van der Waals surface area contributed by atoms with Crippen LogP contribution in [0.5, 0.6) is 5.75 Å². The van der Waals surface area contributed by atoms with Crippen LogP contribution in [0.1, 0.15) is 68.5 Å². The van der Waals surface area contributed by atoms with Crippen LogP contribution in [0.2, 0.25) is 0 Å². The van der Waals surface area contributed by atoms with E-state index < -0.39 is 5.97 Å². The van der Waals surface area contributed by atoms with E-state index in [1.54, 1.807) is 16.2 Å². The monoisotopic (exact) mass is 608 g/mol. The minimum atomic E-state index is -0.861. The molecule has 0 bridgehead atoms. The Morgan fingerprint density at radius 2 is 1.95 bits per heavy atom. The van der Waals surface area contributed by atoms with Crippen LogP contribution in [0.15, 0.2) is 71.8 Å². The minimum Gasteiger partial charge on any atom is -0.493 e. The van der Waals surface area contributed by atoms with E-state index >= 15 is 0 Å². The van der Waals surface area contributed by atoms with E-state index in [0.29, 0.717) is 52.0 Å². The molecule has 9 heteroatoms. The van der Waals surface area contributed by atoms with E-state index in [0.717, 1.165) is 40.1 Å². The first kappa shape index (κ1) is 35.1. The second-order valence-corrected chi connectivity index (χ2v) is 11.1. The number of carbonyl (C=O) groups excluding carboxylic acids is 2. The van der Waals surface area contributed by atoms with Gasteiger partial charge in [0.25, 0.3) is 0 Å². The molecule has 1 aliphatic rings. The number of aliphatic carboxylic acids is 1. The maximum Gasteiger partial charge on any atom is 0.410 e. The third-order valence-corrected chi connectivity index (χ3v) is 7.49. The highest BCUT2D eigenvalue weighted by atomic mass is 32.1. The van der Waals surface area contributed by atoms with Gasteiger partial charge in [0.1, 0.15) is 5.75 Å². The fourth-order valence-corrected chi connectivity index (χ4v) is 4.98. The van der Waals surface area contributed by atoms with Crippen LogP contribution in [0, 0.1) is 0 Å². The Morgan fingerprint density at radius 1 is 1.16 bits per heavy atom. The molecule has 0 spiro atoms. The molecule has 2 N–H and O–H groups in total. The second kappa shape index (κ2) is 19.2. The Balaban J connectivity index is 0.000000413. The highest BCUT2D eigenvalue weighted by molar-refractivity contribution is 7.11. The molecule has 3 rings (SSSR count). The molecule has 0 unspecified atom stereocenters. The van der Waals surface area contributed by atoms with Gasteiger partial charge in [0, 0.05) is 42.1 Å². The van der Waals surface area contributed by atoms with Crippen molar-refractivity contribution in [1.29, 1.82) is 0 Å². The summed E-state index contributed by atoms with van der Waals surface area (Å²) in [5, 5.41) is 13.8. The van der Waals surface area contributed by atoms with Crippen molar-refractivity contribution in [3.8, 4) is 5.75 Å². The number of aryl methyl sites for hydroxylation is 1. The van der Waals surface area contributed by atoms with Gasteiger partial charge in [-0.15, -0.1) is 11.3 Å². The third-order valence-electron chi connectivity index (χ3n) is 6.55. The Labute approximate surface area is 259 Å². The van der Waals surface area contributed by atoms with E-state index in [-0.39, 0.29) is 12.5 Å². The number of hydrogen-bond acceptors (Lipinski definition) is 6. The lowest BCUT2D eigenvalue weighted by Crippen LogP contribution is -2.37. The summed E-state index contributed by atoms with van der Waals surface area (Å²) in [7, 11) is 0. The predicted octanol–water partition coefficient (Wildman–Crippen LogP) is 7.31. The van der Waals surface area contributed by atoms with Crippen LogP contribution in [0.3, 0.4) is 0 Å². The largest absolute Gasteiger partial charge is 0.493 e. The van der Waals surface area contributed by atoms with Gasteiger partial charge < -0.3 is 24.8 Å². The number of nitrogens with one attached hydrogen (secondary N) is 1. The van der Waals surface area contributed by atoms with Crippen molar-refractivity contribution in [2.75, 3.05) is 19.8 Å². The van der Waals surface area contributed by atoms with Crippen molar-refractivity contribution in [3.05, 3.63) is 93.4 Å². The van der Waals surface area contributed by atoms with E-state index in [9.17, 15) is 14.4 Å². The first-order valence-electron chi connectivity index (χ1n) is 14.5. The topological polar surface area (TPSA) is 105 Å². The van der Waals surface area contributed by atoms with Crippen molar-refractivity contribution in [2.24, 2.45) is 0 Å². The van der Waals surface area contributed by atoms with Crippen molar-refractivity contribution in [1.82, 2.24) is 10.2 Å². The summed E-state index contributed by atoms with van der Waals surface area (Å²) in [5.41, 5.74) is 6.00. The third kappa shape index (κ3) is 12.3. The number of nitrogens with zero attached hydrogens (tertiary/aromatic N) is 1. The average molecular weight is 609 g/mol. The summed E-state index contributed by atoms with van der Waals surface area (Å²) < 4.78 is 11.2. The molecular formula is C34H44N2O6S. The molecule has 0 atom stereocenters. The van der Waals surface area contributed by atoms with Crippen LogP contribution in [0.4, 0.5) is 4.79 Å². The molecule has 43 heavy (non-hydrogen) atoms. The lowest BCUT2D eigenvalue weighted by molar-refractivity contribution is -0.137. The van der Waals surface area contributed by atoms with Gasteiger partial charge in [-0.25, -0.2) is 4.79 Å². The molecule has 0 fully saturated rings. The van der Waals surface area contributed by atoms with Gasteiger partial charge in [-0.1, -0.05) is 55.5 Å². The smallest absolute Gasteiger partial charge is 0.410 e. The molecule has 1 aromatic carbocycles. The lowest BCUT2D eigenvalue weighted by Gasteiger charge is -2.31. The molecule has 0 radical (unpaired) electrons. The number of hydrogen-bond donors (Lipinski definition) is 2. The zero-order valence-corrected chi connectivity index (χ0v) is 26.5. The molecule has 2 heterocycles. The molecule has 2 aromatic rings. The van der Waals surface area contributed by atoms with Crippen LogP contribution in [-0.2, 0) is 33.7 Å². The number of benzene rings is 1. The molecule has 0 saturated heterocycles. The molecule has 2 amide bonds. The van der Waals surface area contributed by atoms with Gasteiger partial charge in [0.05, 0.1) is 13.2 Å². The minimum absolute atomic E-state index is 0.0228. The fourth-order valence-electron chi connectivity index (χ4n) is 4.30. The summed E-state index contributed by atoms with van der Waals surface area (Å²) in [6, 6.07) is 7.86. The van der Waals surface area contributed by atoms with Gasteiger partial charge >= 0.3 is 12.1 Å². The number of allylic oxidation sites excluding steroid dienone is 6. The first-order chi connectivity index (χ1) is 20.7. The number of thiophene rings is 1. The summed E-state index contributed by atoms with van der Waals surface area (Å²) in [6.45, 7) is 13.6. The first-order valence-corrected chi connectivity index (χ1v) is 15.4. The number of rotatable bonds is 14. The Kier molecular flexibility index (Phi) is 15.6. The lowest BCUT2D eigenvalue weighted by atomic mass is 9.92. The molecule has 0 aliphatic carbocycles. The van der Waals surface area contributed by atoms with Crippen LogP contribution in [-0.4, -0.2) is 48.2 Å².